The molecule has 1 fully saturated rings. The van der Waals surface area contributed by atoms with Crippen LogP contribution in [0.15, 0.2) is 47.5 Å². The van der Waals surface area contributed by atoms with Crippen LogP contribution in [0.5, 0.6) is 0 Å². The number of carboxylic acid groups (broad SMARTS) is 1. The topological polar surface area (TPSA) is 117 Å². The van der Waals surface area contributed by atoms with Crippen molar-refractivity contribution in [2.24, 2.45) is 0 Å². The van der Waals surface area contributed by atoms with Crippen LogP contribution in [-0.4, -0.2) is 44.6 Å². The number of anilines is 1. The first kappa shape index (κ1) is 22.2. The van der Waals surface area contributed by atoms with Crippen LogP contribution in [0.2, 0.25) is 0 Å². The molecule has 31 heavy (non-hydrogen) atoms. The fraction of sp³-hybridized carbons (Fsp3) is 0.227. The Bertz CT molecular complexity index is 1030. The molecule has 2 aromatic rings. The molecular formula is C22H21N3O5S. The number of hydrogen-bond donors (Lipinski definition) is 2. The first-order chi connectivity index (χ1) is 14.9. The lowest BCUT2D eigenvalue weighted by atomic mass is 10.1. The Morgan fingerprint density at radius 2 is 1.90 bits per heavy atom. The molecule has 0 atom stereocenters. The minimum Gasteiger partial charge on any atom is -0.477 e. The lowest BCUT2D eigenvalue weighted by Gasteiger charge is -2.12. The van der Waals surface area contributed by atoms with Gasteiger partial charge in [0, 0.05) is 13.0 Å². The quantitative estimate of drug-likeness (QED) is 0.601. The summed E-state index contributed by atoms with van der Waals surface area (Å²) < 4.78 is 0. The molecule has 1 aromatic carbocycles. The molecule has 3 rings (SSSR count). The van der Waals surface area contributed by atoms with Crippen molar-refractivity contribution >= 4 is 46.5 Å². The van der Waals surface area contributed by atoms with E-state index in [-0.39, 0.29) is 35.7 Å². The second kappa shape index (κ2) is 10.0. The number of hydrogen-bond acceptors (Lipinski definition) is 6. The number of carbonyl (C=O) groups excluding carboxylic acids is 3. The maximum absolute atomic E-state index is 12.6. The number of carboxylic acids is 1. The maximum Gasteiger partial charge on any atom is 0.354 e. The molecule has 1 aliphatic rings. The number of imide groups is 1. The van der Waals surface area contributed by atoms with E-state index in [4.69, 9.17) is 5.11 Å². The molecular weight excluding hydrogens is 418 g/mol. The van der Waals surface area contributed by atoms with Crippen LogP contribution in [0.1, 0.15) is 41.4 Å². The molecule has 1 aromatic heterocycles. The largest absolute Gasteiger partial charge is 0.477 e. The third-order valence-corrected chi connectivity index (χ3v) is 5.52. The van der Waals surface area contributed by atoms with Gasteiger partial charge in [0.05, 0.1) is 16.8 Å². The molecule has 0 unspecified atom stereocenters. The van der Waals surface area contributed by atoms with Gasteiger partial charge in [0.25, 0.3) is 11.1 Å². The van der Waals surface area contributed by atoms with E-state index in [1.165, 1.54) is 23.9 Å². The number of nitrogens with zero attached hydrogens (tertiary/aromatic N) is 2. The molecule has 0 aliphatic carbocycles. The van der Waals surface area contributed by atoms with Crippen molar-refractivity contribution in [1.29, 1.82) is 0 Å². The zero-order valence-corrected chi connectivity index (χ0v) is 17.6. The summed E-state index contributed by atoms with van der Waals surface area (Å²) in [5, 5.41) is 11.1. The predicted molar refractivity (Wildman–Crippen MR) is 118 cm³/mol. The standard InChI is InChI=1S/C22H21N3O5S/c1-2-14-5-7-15(8-6-14)12-18-20(27)25(22(30)31-18)11-3-4-19(26)24-16-9-10-17(21(28)29)23-13-16/h5-10,12-13H,2-4,11H2,1H3,(H,24,26)(H,28,29)/b18-12-. The molecule has 1 saturated heterocycles. The zero-order chi connectivity index (χ0) is 22.4. The van der Waals surface area contributed by atoms with Crippen molar-refractivity contribution in [2.75, 3.05) is 11.9 Å². The monoisotopic (exact) mass is 439 g/mol. The summed E-state index contributed by atoms with van der Waals surface area (Å²) in [4.78, 5) is 52.9. The van der Waals surface area contributed by atoms with Gasteiger partial charge in [-0.2, -0.15) is 0 Å². The van der Waals surface area contributed by atoms with Gasteiger partial charge in [-0.1, -0.05) is 31.2 Å². The number of aryl methyl sites for hydroxylation is 1. The van der Waals surface area contributed by atoms with Gasteiger partial charge in [0.2, 0.25) is 5.91 Å². The Morgan fingerprint density at radius 1 is 1.16 bits per heavy atom. The van der Waals surface area contributed by atoms with Crippen LogP contribution in [-0.2, 0) is 16.0 Å². The first-order valence-electron chi connectivity index (χ1n) is 9.71. The molecule has 3 amide bonds. The van der Waals surface area contributed by atoms with Crippen molar-refractivity contribution in [3.8, 4) is 0 Å². The normalized spacial score (nSPS) is 14.9. The highest BCUT2D eigenvalue weighted by Crippen LogP contribution is 2.32. The third-order valence-electron chi connectivity index (χ3n) is 4.61. The van der Waals surface area contributed by atoms with Crippen LogP contribution in [0.25, 0.3) is 6.08 Å². The second-order valence-electron chi connectivity index (χ2n) is 6.82. The molecule has 0 saturated carbocycles. The lowest BCUT2D eigenvalue weighted by molar-refractivity contribution is -0.123. The summed E-state index contributed by atoms with van der Waals surface area (Å²) in [6.45, 7) is 2.20. The third kappa shape index (κ3) is 5.79. The van der Waals surface area contributed by atoms with Crippen LogP contribution in [0.3, 0.4) is 0 Å². The summed E-state index contributed by atoms with van der Waals surface area (Å²) in [6.07, 6.45) is 4.29. The van der Waals surface area contributed by atoms with E-state index in [2.05, 4.69) is 17.2 Å². The van der Waals surface area contributed by atoms with Crippen molar-refractivity contribution in [3.05, 3.63) is 64.3 Å². The van der Waals surface area contributed by atoms with Crippen LogP contribution in [0.4, 0.5) is 10.5 Å². The second-order valence-corrected chi connectivity index (χ2v) is 7.81. The number of aromatic nitrogens is 1. The van der Waals surface area contributed by atoms with Gasteiger partial charge in [0.1, 0.15) is 5.69 Å². The van der Waals surface area contributed by atoms with Crippen LogP contribution in [0, 0.1) is 0 Å². The Labute approximate surface area is 183 Å². The summed E-state index contributed by atoms with van der Waals surface area (Å²) in [5.74, 6) is -1.83. The molecule has 0 bridgehead atoms. The van der Waals surface area contributed by atoms with E-state index in [0.29, 0.717) is 17.0 Å². The summed E-state index contributed by atoms with van der Waals surface area (Å²) in [7, 11) is 0. The van der Waals surface area contributed by atoms with Crippen molar-refractivity contribution in [1.82, 2.24) is 9.88 Å². The fourth-order valence-electron chi connectivity index (χ4n) is 2.91. The highest BCUT2D eigenvalue weighted by Gasteiger charge is 2.34. The molecule has 2 heterocycles. The molecule has 1 aliphatic heterocycles. The van der Waals surface area contributed by atoms with Crippen molar-refractivity contribution in [3.63, 3.8) is 0 Å². The van der Waals surface area contributed by atoms with Crippen LogP contribution < -0.4 is 5.32 Å². The van der Waals surface area contributed by atoms with E-state index < -0.39 is 5.97 Å². The van der Waals surface area contributed by atoms with E-state index in [1.54, 1.807) is 6.08 Å². The predicted octanol–water partition coefficient (Wildman–Crippen LogP) is 3.80. The minimum atomic E-state index is -1.15. The fourth-order valence-corrected chi connectivity index (χ4v) is 3.77. The van der Waals surface area contributed by atoms with Gasteiger partial charge in [0.15, 0.2) is 0 Å². The summed E-state index contributed by atoms with van der Waals surface area (Å²) in [6, 6.07) is 10.5. The number of carbonyl (C=O) groups is 4. The smallest absolute Gasteiger partial charge is 0.354 e. The number of rotatable bonds is 8. The molecule has 2 N–H and O–H groups in total. The van der Waals surface area contributed by atoms with Gasteiger partial charge in [-0.25, -0.2) is 9.78 Å². The van der Waals surface area contributed by atoms with Gasteiger partial charge in [-0.3, -0.25) is 19.3 Å². The van der Waals surface area contributed by atoms with Crippen molar-refractivity contribution in [2.45, 2.75) is 26.2 Å². The van der Waals surface area contributed by atoms with E-state index >= 15 is 0 Å². The van der Waals surface area contributed by atoms with Gasteiger partial charge in [-0.05, 0) is 53.9 Å². The lowest BCUT2D eigenvalue weighted by Crippen LogP contribution is -2.29. The molecule has 160 valence electrons. The number of nitrogens with one attached hydrogen (secondary N) is 1. The van der Waals surface area contributed by atoms with Crippen LogP contribution >= 0.6 is 11.8 Å². The van der Waals surface area contributed by atoms with Gasteiger partial charge >= 0.3 is 5.97 Å². The van der Waals surface area contributed by atoms with E-state index in [9.17, 15) is 19.2 Å². The first-order valence-corrected chi connectivity index (χ1v) is 10.5. The van der Waals surface area contributed by atoms with Gasteiger partial charge < -0.3 is 10.4 Å². The Morgan fingerprint density at radius 3 is 2.52 bits per heavy atom. The average Bonchev–Trinajstić information content (AvgIpc) is 3.02. The number of amides is 3. The number of aromatic carboxylic acids is 1. The van der Waals surface area contributed by atoms with Gasteiger partial charge in [-0.15, -0.1) is 0 Å². The average molecular weight is 439 g/mol. The molecule has 0 spiro atoms. The number of benzene rings is 1. The number of pyridine rings is 1. The van der Waals surface area contributed by atoms with Crippen molar-refractivity contribution < 1.29 is 24.3 Å². The molecule has 9 heteroatoms. The summed E-state index contributed by atoms with van der Waals surface area (Å²) in [5.41, 5.74) is 2.30. The Balaban J connectivity index is 1.51. The molecule has 0 radical (unpaired) electrons. The minimum absolute atomic E-state index is 0.0972. The van der Waals surface area contributed by atoms with E-state index in [0.717, 1.165) is 28.6 Å². The zero-order valence-electron chi connectivity index (χ0n) is 16.8. The molecule has 8 nitrogen and oxygen atoms in total. The number of thioether (sulfide) groups is 1. The Hall–Kier alpha value is -3.46. The van der Waals surface area contributed by atoms with E-state index in [1.807, 2.05) is 24.3 Å². The SMILES string of the molecule is CCc1ccc(/C=C2\SC(=O)N(CCCC(=O)Nc3ccc(C(=O)O)nc3)C2=O)cc1. The maximum atomic E-state index is 12.6. The highest BCUT2D eigenvalue weighted by molar-refractivity contribution is 8.18. The summed E-state index contributed by atoms with van der Waals surface area (Å²) >= 11 is 0.893. The highest BCUT2D eigenvalue weighted by atomic mass is 32.2. The Kier molecular flexibility index (Phi) is 7.19.